The van der Waals surface area contributed by atoms with Crippen molar-refractivity contribution in [1.29, 1.82) is 0 Å². The van der Waals surface area contributed by atoms with Crippen LogP contribution in [0.2, 0.25) is 0 Å². The number of aryl methyl sites for hydroxylation is 1. The molecule has 2 aliphatic rings. The third kappa shape index (κ3) is 3.53. The summed E-state index contributed by atoms with van der Waals surface area (Å²) in [5.74, 6) is 0.608. The minimum absolute atomic E-state index is 0.154. The van der Waals surface area contributed by atoms with Crippen LogP contribution < -0.4 is 5.32 Å². The molecule has 1 aromatic carbocycles. The highest BCUT2D eigenvalue weighted by Crippen LogP contribution is 2.23. The molecule has 1 unspecified atom stereocenters. The van der Waals surface area contributed by atoms with E-state index >= 15 is 0 Å². The molecule has 3 rings (SSSR count). The fraction of sp³-hybridized carbons (Fsp3) is 0.588. The third-order valence-corrected chi connectivity index (χ3v) is 4.36. The van der Waals surface area contributed by atoms with E-state index in [4.69, 9.17) is 0 Å². The number of carbonyl (C=O) groups excluding carboxylic acids is 1. The number of likely N-dealkylation sites (tertiary alicyclic amines) is 1. The number of piperidine rings is 1. The van der Waals surface area contributed by atoms with Gasteiger partial charge in [0.05, 0.1) is 0 Å². The lowest BCUT2D eigenvalue weighted by Crippen LogP contribution is -2.46. The lowest BCUT2D eigenvalue weighted by Gasteiger charge is -2.33. The Kier molecular flexibility index (Phi) is 3.95. The summed E-state index contributed by atoms with van der Waals surface area (Å²) in [6, 6.07) is 9.41. The predicted molar refractivity (Wildman–Crippen MR) is 80.7 cm³/mol. The van der Waals surface area contributed by atoms with E-state index in [9.17, 15) is 4.79 Å². The van der Waals surface area contributed by atoms with E-state index in [1.165, 1.54) is 17.5 Å². The average molecular weight is 272 g/mol. The fourth-order valence-corrected chi connectivity index (χ4v) is 2.97. The molecule has 1 aliphatic carbocycles. The van der Waals surface area contributed by atoms with E-state index in [1.54, 1.807) is 0 Å². The highest BCUT2D eigenvalue weighted by molar-refractivity contribution is 5.75. The Morgan fingerprint density at radius 1 is 1.25 bits per heavy atom. The van der Waals surface area contributed by atoms with Crippen molar-refractivity contribution in [2.75, 3.05) is 13.1 Å². The number of carbonyl (C=O) groups is 1. The molecule has 0 bridgehead atoms. The SMILES string of the molecule is Cc1ccc(CC2CCCN(C(=O)NC3CC3)C2)cc1. The smallest absolute Gasteiger partial charge is 0.317 e. The first-order valence-electron chi connectivity index (χ1n) is 7.82. The summed E-state index contributed by atoms with van der Waals surface area (Å²) in [7, 11) is 0. The van der Waals surface area contributed by atoms with Crippen molar-refractivity contribution in [2.24, 2.45) is 5.92 Å². The zero-order chi connectivity index (χ0) is 13.9. The van der Waals surface area contributed by atoms with Gasteiger partial charge in [0.15, 0.2) is 0 Å². The van der Waals surface area contributed by atoms with Gasteiger partial charge in [-0.1, -0.05) is 29.8 Å². The molecule has 1 aromatic rings. The van der Waals surface area contributed by atoms with Crippen molar-refractivity contribution < 1.29 is 4.79 Å². The van der Waals surface area contributed by atoms with Crippen LogP contribution in [0, 0.1) is 12.8 Å². The molecular formula is C17H24N2O. The van der Waals surface area contributed by atoms with E-state index in [2.05, 4.69) is 36.5 Å². The van der Waals surface area contributed by atoms with Gasteiger partial charge < -0.3 is 10.2 Å². The molecule has 1 heterocycles. The van der Waals surface area contributed by atoms with Crippen LogP contribution in [0.1, 0.15) is 36.8 Å². The molecule has 1 atom stereocenters. The van der Waals surface area contributed by atoms with Crippen molar-refractivity contribution in [3.05, 3.63) is 35.4 Å². The van der Waals surface area contributed by atoms with E-state index in [-0.39, 0.29) is 6.03 Å². The van der Waals surface area contributed by atoms with E-state index in [0.717, 1.165) is 38.8 Å². The second-order valence-corrected chi connectivity index (χ2v) is 6.37. The monoisotopic (exact) mass is 272 g/mol. The highest BCUT2D eigenvalue weighted by Gasteiger charge is 2.28. The summed E-state index contributed by atoms with van der Waals surface area (Å²) in [6.07, 6.45) is 5.78. The molecule has 3 heteroatoms. The lowest BCUT2D eigenvalue weighted by molar-refractivity contribution is 0.165. The van der Waals surface area contributed by atoms with Crippen LogP contribution in [0.4, 0.5) is 4.79 Å². The third-order valence-electron chi connectivity index (χ3n) is 4.36. The minimum atomic E-state index is 0.154. The van der Waals surface area contributed by atoms with E-state index < -0.39 is 0 Å². The fourth-order valence-electron chi connectivity index (χ4n) is 2.97. The summed E-state index contributed by atoms with van der Waals surface area (Å²) in [5.41, 5.74) is 2.70. The summed E-state index contributed by atoms with van der Waals surface area (Å²) >= 11 is 0. The first-order chi connectivity index (χ1) is 9.70. The van der Waals surface area contributed by atoms with Gasteiger partial charge >= 0.3 is 6.03 Å². The van der Waals surface area contributed by atoms with E-state index in [0.29, 0.717) is 12.0 Å². The summed E-state index contributed by atoms with van der Waals surface area (Å²) in [4.78, 5) is 14.1. The van der Waals surface area contributed by atoms with Gasteiger partial charge in [0.2, 0.25) is 0 Å². The molecule has 0 aromatic heterocycles. The number of hydrogen-bond acceptors (Lipinski definition) is 1. The Morgan fingerprint density at radius 3 is 2.70 bits per heavy atom. The predicted octanol–water partition coefficient (Wildman–Crippen LogP) is 3.12. The lowest BCUT2D eigenvalue weighted by atomic mass is 9.91. The van der Waals surface area contributed by atoms with Gasteiger partial charge in [-0.15, -0.1) is 0 Å². The quantitative estimate of drug-likeness (QED) is 0.901. The molecular weight excluding hydrogens is 248 g/mol. The van der Waals surface area contributed by atoms with Crippen molar-refractivity contribution in [1.82, 2.24) is 10.2 Å². The van der Waals surface area contributed by atoms with Gasteiger partial charge in [-0.3, -0.25) is 0 Å². The van der Waals surface area contributed by atoms with Crippen LogP contribution >= 0.6 is 0 Å². The van der Waals surface area contributed by atoms with Crippen molar-refractivity contribution in [3.63, 3.8) is 0 Å². The molecule has 1 saturated heterocycles. The van der Waals surface area contributed by atoms with E-state index in [1.807, 2.05) is 4.90 Å². The summed E-state index contributed by atoms with van der Waals surface area (Å²) in [5, 5.41) is 3.10. The van der Waals surface area contributed by atoms with Gasteiger partial charge in [-0.2, -0.15) is 0 Å². The second kappa shape index (κ2) is 5.86. The molecule has 1 N–H and O–H groups in total. The number of benzene rings is 1. The molecule has 108 valence electrons. The van der Waals surface area contributed by atoms with Crippen LogP contribution in [-0.2, 0) is 6.42 Å². The number of amides is 2. The number of rotatable bonds is 3. The number of urea groups is 1. The molecule has 2 fully saturated rings. The van der Waals surface area contributed by atoms with Crippen LogP contribution in [-0.4, -0.2) is 30.1 Å². The van der Waals surface area contributed by atoms with Crippen molar-refractivity contribution in [2.45, 2.75) is 45.1 Å². The maximum Gasteiger partial charge on any atom is 0.317 e. The normalized spacial score (nSPS) is 22.6. The summed E-state index contributed by atoms with van der Waals surface area (Å²) < 4.78 is 0. The largest absolute Gasteiger partial charge is 0.335 e. The molecule has 1 saturated carbocycles. The molecule has 0 spiro atoms. The van der Waals surface area contributed by atoms with Crippen molar-refractivity contribution >= 4 is 6.03 Å². The topological polar surface area (TPSA) is 32.3 Å². The maximum absolute atomic E-state index is 12.1. The van der Waals surface area contributed by atoms with Crippen LogP contribution in [0.15, 0.2) is 24.3 Å². The molecule has 20 heavy (non-hydrogen) atoms. The first-order valence-corrected chi connectivity index (χ1v) is 7.82. The van der Waals surface area contributed by atoms with Crippen LogP contribution in [0.5, 0.6) is 0 Å². The van der Waals surface area contributed by atoms with Crippen LogP contribution in [0.25, 0.3) is 0 Å². The van der Waals surface area contributed by atoms with Gasteiger partial charge in [-0.05, 0) is 50.5 Å². The zero-order valence-corrected chi connectivity index (χ0v) is 12.3. The Bertz CT molecular complexity index is 464. The Labute approximate surface area is 121 Å². The highest BCUT2D eigenvalue weighted by atomic mass is 16.2. The number of hydrogen-bond donors (Lipinski definition) is 1. The van der Waals surface area contributed by atoms with Gasteiger partial charge in [-0.25, -0.2) is 4.79 Å². The van der Waals surface area contributed by atoms with Gasteiger partial charge in [0, 0.05) is 19.1 Å². The second-order valence-electron chi connectivity index (χ2n) is 6.37. The number of nitrogens with one attached hydrogen (secondary N) is 1. The Morgan fingerprint density at radius 2 is 2.00 bits per heavy atom. The first kappa shape index (κ1) is 13.5. The maximum atomic E-state index is 12.1. The molecule has 1 aliphatic heterocycles. The zero-order valence-electron chi connectivity index (χ0n) is 12.3. The summed E-state index contributed by atoms with van der Waals surface area (Å²) in [6.45, 7) is 3.95. The Balaban J connectivity index is 1.54. The minimum Gasteiger partial charge on any atom is -0.335 e. The number of nitrogens with zero attached hydrogens (tertiary/aromatic N) is 1. The van der Waals surface area contributed by atoms with Gasteiger partial charge in [0.25, 0.3) is 0 Å². The molecule has 3 nitrogen and oxygen atoms in total. The van der Waals surface area contributed by atoms with Gasteiger partial charge in [0.1, 0.15) is 0 Å². The Hall–Kier alpha value is -1.51. The standard InChI is InChI=1S/C17H24N2O/c1-13-4-6-14(7-5-13)11-15-3-2-10-19(12-15)17(20)18-16-8-9-16/h4-7,15-16H,2-3,8-12H2,1H3,(H,18,20). The molecule has 2 amide bonds. The molecule has 0 radical (unpaired) electrons. The van der Waals surface area contributed by atoms with Crippen LogP contribution in [0.3, 0.4) is 0 Å². The van der Waals surface area contributed by atoms with Crippen molar-refractivity contribution in [3.8, 4) is 0 Å². The average Bonchev–Trinajstić information content (AvgIpc) is 3.26.